The van der Waals surface area contributed by atoms with Crippen LogP contribution < -0.4 is 10.6 Å². The minimum Gasteiger partial charge on any atom is -0.353 e. The quantitative estimate of drug-likeness (QED) is 0.462. The molecule has 1 aliphatic rings. The molecule has 4 nitrogen and oxygen atoms in total. The van der Waals surface area contributed by atoms with E-state index in [0.29, 0.717) is 6.04 Å². The van der Waals surface area contributed by atoms with Crippen LogP contribution in [0.3, 0.4) is 0 Å². The SMILES string of the molecule is CCN(CC)Cc1ccc(CNC(=NC)NC2CC=CC2)cc1. The molecule has 0 unspecified atom stereocenters. The second-order valence-corrected chi connectivity index (χ2v) is 5.99. The molecule has 2 N–H and O–H groups in total. The Labute approximate surface area is 140 Å². The monoisotopic (exact) mass is 314 g/mol. The van der Waals surface area contributed by atoms with E-state index in [-0.39, 0.29) is 0 Å². The number of guanidine groups is 1. The van der Waals surface area contributed by atoms with E-state index in [1.165, 1.54) is 11.1 Å². The zero-order valence-electron chi connectivity index (χ0n) is 14.7. The first-order valence-corrected chi connectivity index (χ1v) is 8.67. The van der Waals surface area contributed by atoms with Crippen molar-refractivity contribution in [2.45, 2.75) is 45.8 Å². The van der Waals surface area contributed by atoms with Crippen LogP contribution in [0.2, 0.25) is 0 Å². The molecule has 0 saturated heterocycles. The number of benzene rings is 1. The number of hydrogen-bond donors (Lipinski definition) is 2. The predicted molar refractivity (Wildman–Crippen MR) is 98.6 cm³/mol. The number of aliphatic imine (C=N–C) groups is 1. The third kappa shape index (κ3) is 5.71. The first-order chi connectivity index (χ1) is 11.2. The Morgan fingerprint density at radius 3 is 2.26 bits per heavy atom. The first-order valence-electron chi connectivity index (χ1n) is 8.67. The molecule has 4 heteroatoms. The van der Waals surface area contributed by atoms with E-state index in [1.807, 2.05) is 7.05 Å². The summed E-state index contributed by atoms with van der Waals surface area (Å²) in [7, 11) is 1.82. The van der Waals surface area contributed by atoms with Crippen LogP contribution in [0.4, 0.5) is 0 Å². The molecular formula is C19H30N4. The molecule has 0 heterocycles. The number of rotatable bonds is 7. The van der Waals surface area contributed by atoms with Crippen LogP contribution in [0.25, 0.3) is 0 Å². The number of hydrogen-bond acceptors (Lipinski definition) is 2. The molecule has 0 fully saturated rings. The molecule has 0 radical (unpaired) electrons. The van der Waals surface area contributed by atoms with E-state index < -0.39 is 0 Å². The predicted octanol–water partition coefficient (Wildman–Crippen LogP) is 2.91. The Hall–Kier alpha value is -1.81. The summed E-state index contributed by atoms with van der Waals surface area (Å²) in [5, 5.41) is 6.85. The van der Waals surface area contributed by atoms with Crippen molar-refractivity contribution in [3.63, 3.8) is 0 Å². The van der Waals surface area contributed by atoms with Gasteiger partial charge in [-0.15, -0.1) is 0 Å². The zero-order valence-corrected chi connectivity index (χ0v) is 14.7. The van der Waals surface area contributed by atoms with Crippen molar-refractivity contribution in [3.05, 3.63) is 47.5 Å². The van der Waals surface area contributed by atoms with Crippen molar-refractivity contribution in [1.82, 2.24) is 15.5 Å². The van der Waals surface area contributed by atoms with Crippen LogP contribution in [0, 0.1) is 0 Å². The number of nitrogens with zero attached hydrogens (tertiary/aromatic N) is 2. The van der Waals surface area contributed by atoms with Crippen molar-refractivity contribution in [2.24, 2.45) is 4.99 Å². The molecule has 1 aliphatic carbocycles. The van der Waals surface area contributed by atoms with Gasteiger partial charge >= 0.3 is 0 Å². The fourth-order valence-electron chi connectivity index (χ4n) is 2.78. The largest absolute Gasteiger partial charge is 0.353 e. The van der Waals surface area contributed by atoms with Gasteiger partial charge < -0.3 is 10.6 Å². The van der Waals surface area contributed by atoms with Gasteiger partial charge in [0.1, 0.15) is 0 Å². The average Bonchev–Trinajstić information content (AvgIpc) is 3.10. The maximum Gasteiger partial charge on any atom is 0.191 e. The van der Waals surface area contributed by atoms with Gasteiger partial charge in [0.2, 0.25) is 0 Å². The second kappa shape index (κ2) is 9.36. The highest BCUT2D eigenvalue weighted by Gasteiger charge is 2.11. The highest BCUT2D eigenvalue weighted by Crippen LogP contribution is 2.09. The summed E-state index contributed by atoms with van der Waals surface area (Å²) >= 11 is 0. The van der Waals surface area contributed by atoms with Gasteiger partial charge in [-0.2, -0.15) is 0 Å². The van der Waals surface area contributed by atoms with Gasteiger partial charge in [0.05, 0.1) is 0 Å². The maximum absolute atomic E-state index is 4.31. The van der Waals surface area contributed by atoms with E-state index in [4.69, 9.17) is 0 Å². The molecule has 0 spiro atoms. The Morgan fingerprint density at radius 2 is 1.70 bits per heavy atom. The van der Waals surface area contributed by atoms with Crippen LogP contribution in [-0.4, -0.2) is 37.0 Å². The summed E-state index contributed by atoms with van der Waals surface area (Å²) in [6, 6.07) is 9.35. The Balaban J connectivity index is 1.80. The van der Waals surface area contributed by atoms with E-state index in [1.54, 1.807) is 0 Å². The molecule has 1 aromatic rings. The molecule has 126 valence electrons. The fourth-order valence-corrected chi connectivity index (χ4v) is 2.78. The molecular weight excluding hydrogens is 284 g/mol. The van der Waals surface area contributed by atoms with Crippen LogP contribution in [-0.2, 0) is 13.1 Å². The third-order valence-corrected chi connectivity index (χ3v) is 4.36. The summed E-state index contributed by atoms with van der Waals surface area (Å²) in [6.07, 6.45) is 6.61. The highest BCUT2D eigenvalue weighted by atomic mass is 15.2. The van der Waals surface area contributed by atoms with Crippen molar-refractivity contribution in [1.29, 1.82) is 0 Å². The molecule has 0 atom stereocenters. The van der Waals surface area contributed by atoms with Crippen molar-refractivity contribution in [2.75, 3.05) is 20.1 Å². The van der Waals surface area contributed by atoms with Gasteiger partial charge in [-0.05, 0) is 37.1 Å². The first kappa shape index (κ1) is 17.5. The Morgan fingerprint density at radius 1 is 1.09 bits per heavy atom. The Kier molecular flexibility index (Phi) is 7.14. The van der Waals surface area contributed by atoms with E-state index in [2.05, 4.69) is 70.8 Å². The third-order valence-electron chi connectivity index (χ3n) is 4.36. The summed E-state index contributed by atoms with van der Waals surface area (Å²) in [4.78, 5) is 6.73. The topological polar surface area (TPSA) is 39.7 Å². The van der Waals surface area contributed by atoms with Gasteiger partial charge in [-0.3, -0.25) is 9.89 Å². The summed E-state index contributed by atoms with van der Waals surface area (Å²) in [6.45, 7) is 8.43. The van der Waals surface area contributed by atoms with Crippen molar-refractivity contribution < 1.29 is 0 Å². The van der Waals surface area contributed by atoms with Crippen LogP contribution in [0.15, 0.2) is 41.4 Å². The molecule has 0 saturated carbocycles. The minimum absolute atomic E-state index is 0.484. The molecule has 23 heavy (non-hydrogen) atoms. The van der Waals surface area contributed by atoms with Crippen molar-refractivity contribution >= 4 is 5.96 Å². The van der Waals surface area contributed by atoms with E-state index in [9.17, 15) is 0 Å². The lowest BCUT2D eigenvalue weighted by Gasteiger charge is -2.18. The average molecular weight is 314 g/mol. The highest BCUT2D eigenvalue weighted by molar-refractivity contribution is 5.80. The fraction of sp³-hybridized carbons (Fsp3) is 0.526. The van der Waals surface area contributed by atoms with Crippen molar-refractivity contribution in [3.8, 4) is 0 Å². The van der Waals surface area contributed by atoms with E-state index in [0.717, 1.165) is 45.0 Å². The molecule has 0 aliphatic heterocycles. The zero-order chi connectivity index (χ0) is 16.5. The maximum atomic E-state index is 4.31. The standard InChI is InChI=1S/C19H30N4/c1-4-23(5-2)15-17-12-10-16(11-13-17)14-21-19(20-3)22-18-8-6-7-9-18/h6-7,10-13,18H,4-5,8-9,14-15H2,1-3H3,(H2,20,21,22). The van der Waals surface area contributed by atoms with E-state index >= 15 is 0 Å². The minimum atomic E-state index is 0.484. The summed E-state index contributed by atoms with van der Waals surface area (Å²) < 4.78 is 0. The van der Waals surface area contributed by atoms with Gasteiger partial charge in [-0.1, -0.05) is 50.3 Å². The van der Waals surface area contributed by atoms with Gasteiger partial charge in [-0.25, -0.2) is 0 Å². The lowest BCUT2D eigenvalue weighted by molar-refractivity contribution is 0.296. The molecule has 1 aromatic carbocycles. The van der Waals surface area contributed by atoms with Crippen LogP contribution in [0.5, 0.6) is 0 Å². The van der Waals surface area contributed by atoms with Crippen LogP contribution >= 0.6 is 0 Å². The van der Waals surface area contributed by atoms with Crippen LogP contribution in [0.1, 0.15) is 37.8 Å². The molecule has 0 aromatic heterocycles. The van der Waals surface area contributed by atoms with Gasteiger partial charge in [0, 0.05) is 26.2 Å². The Bertz CT molecular complexity index is 507. The molecule has 2 rings (SSSR count). The lowest BCUT2D eigenvalue weighted by Crippen LogP contribution is -2.42. The smallest absolute Gasteiger partial charge is 0.191 e. The number of nitrogens with one attached hydrogen (secondary N) is 2. The molecule has 0 amide bonds. The van der Waals surface area contributed by atoms with Gasteiger partial charge in [0.25, 0.3) is 0 Å². The normalized spacial score (nSPS) is 15.4. The summed E-state index contributed by atoms with van der Waals surface area (Å²) in [5.74, 6) is 0.880. The second-order valence-electron chi connectivity index (χ2n) is 5.99. The lowest BCUT2D eigenvalue weighted by atomic mass is 10.1. The van der Waals surface area contributed by atoms with Gasteiger partial charge in [0.15, 0.2) is 5.96 Å². The molecule has 0 bridgehead atoms. The summed E-state index contributed by atoms with van der Waals surface area (Å²) in [5.41, 5.74) is 2.65.